The van der Waals surface area contributed by atoms with Crippen molar-refractivity contribution in [1.29, 1.82) is 0 Å². The number of ether oxygens (including phenoxy) is 1. The van der Waals surface area contributed by atoms with Crippen LogP contribution in [0.15, 0.2) is 41.3 Å². The Labute approximate surface area is 177 Å². The summed E-state index contributed by atoms with van der Waals surface area (Å²) in [6, 6.07) is 9.15. The fourth-order valence-corrected chi connectivity index (χ4v) is 3.59. The van der Waals surface area contributed by atoms with Crippen molar-refractivity contribution in [3.63, 3.8) is 0 Å². The zero-order chi connectivity index (χ0) is 22.5. The molecule has 3 rings (SSSR count). The number of likely N-dealkylation sites (N-methyl/N-ethyl adjacent to an activating group) is 1. The van der Waals surface area contributed by atoms with Crippen molar-refractivity contribution < 1.29 is 26.7 Å². The van der Waals surface area contributed by atoms with Crippen molar-refractivity contribution in [3.8, 4) is 5.75 Å². The second kappa shape index (κ2) is 10.3. The largest absolute Gasteiger partial charge is 0.496 e. The van der Waals surface area contributed by atoms with Crippen LogP contribution >= 0.6 is 11.9 Å². The van der Waals surface area contributed by atoms with Gasteiger partial charge in [-0.15, -0.1) is 0 Å². The minimum absolute atomic E-state index is 0.0625. The Kier molecular flexibility index (Phi) is 8.37. The van der Waals surface area contributed by atoms with Gasteiger partial charge in [-0.2, -0.15) is 0 Å². The van der Waals surface area contributed by atoms with E-state index in [2.05, 4.69) is 0 Å². The highest BCUT2D eigenvalue weighted by molar-refractivity contribution is 7.97. The summed E-state index contributed by atoms with van der Waals surface area (Å²) in [4.78, 5) is 2.75. The van der Waals surface area contributed by atoms with E-state index < -0.39 is 12.3 Å². The average Bonchev–Trinajstić information content (AvgIpc) is 2.85. The van der Waals surface area contributed by atoms with E-state index in [-0.39, 0.29) is 23.6 Å². The maximum absolute atomic E-state index is 13.4. The third-order valence-corrected chi connectivity index (χ3v) is 5.51. The highest BCUT2D eigenvalue weighted by Gasteiger charge is 2.25. The molecular weight excluding hydrogens is 423 g/mol. The number of benzene rings is 2. The summed E-state index contributed by atoms with van der Waals surface area (Å²) < 4.78 is 70.0. The fourth-order valence-electron chi connectivity index (χ4n) is 2.66. The topological polar surface area (TPSA) is 15.7 Å². The van der Waals surface area contributed by atoms with Crippen molar-refractivity contribution in [3.05, 3.63) is 47.8 Å². The number of methoxy groups -OCH3 is 1. The molecule has 0 atom stereocenters. The summed E-state index contributed by atoms with van der Waals surface area (Å²) in [7, 11) is 3.33. The van der Waals surface area contributed by atoms with Crippen LogP contribution in [0.1, 0.15) is 32.3 Å². The molecule has 1 aliphatic rings. The minimum Gasteiger partial charge on any atom is -0.496 e. The third kappa shape index (κ3) is 6.50. The Balaban J connectivity index is 0.000000469. The lowest BCUT2D eigenvalue weighted by molar-refractivity contribution is 0.0181. The highest BCUT2D eigenvalue weighted by Crippen LogP contribution is 2.44. The Hall–Kier alpha value is -2.00. The van der Waals surface area contributed by atoms with E-state index in [1.54, 1.807) is 18.2 Å². The molecule has 0 aromatic heterocycles. The van der Waals surface area contributed by atoms with Crippen LogP contribution in [0.4, 0.5) is 33.3 Å². The molecule has 0 amide bonds. The number of alkyl halides is 4. The Morgan fingerprint density at radius 1 is 1.13 bits per heavy atom. The average molecular weight is 449 g/mol. The molecule has 0 saturated heterocycles. The van der Waals surface area contributed by atoms with Gasteiger partial charge in [0.25, 0.3) is 6.43 Å². The maximum Gasteiger partial charge on any atom is 0.267 e. The predicted molar refractivity (Wildman–Crippen MR) is 111 cm³/mol. The predicted octanol–water partition coefficient (Wildman–Crippen LogP) is 6.91. The fraction of sp³-hybridized carbons (Fsp3) is 0.429. The molecule has 1 aliphatic heterocycles. The van der Waals surface area contributed by atoms with E-state index in [9.17, 15) is 22.0 Å². The van der Waals surface area contributed by atoms with Crippen LogP contribution in [0.5, 0.6) is 5.75 Å². The van der Waals surface area contributed by atoms with E-state index in [1.165, 1.54) is 44.2 Å². The number of anilines is 2. The van der Waals surface area contributed by atoms with Crippen LogP contribution < -0.4 is 9.64 Å². The second-order valence-electron chi connectivity index (χ2n) is 6.86. The summed E-state index contributed by atoms with van der Waals surface area (Å²) in [6.45, 7) is 3.70. The molecule has 2 aromatic rings. The Morgan fingerprint density at radius 2 is 1.73 bits per heavy atom. The third-order valence-electron chi connectivity index (χ3n) is 4.49. The van der Waals surface area contributed by atoms with Crippen LogP contribution in [0.2, 0.25) is 0 Å². The lowest BCUT2D eigenvalue weighted by Crippen LogP contribution is -2.24. The van der Waals surface area contributed by atoms with Crippen molar-refractivity contribution >= 4 is 23.3 Å². The molecule has 0 unspecified atom stereocenters. The van der Waals surface area contributed by atoms with Gasteiger partial charge in [0.2, 0.25) is 5.92 Å². The molecular formula is C21H25F5N2OS. The van der Waals surface area contributed by atoms with Gasteiger partial charge in [0.05, 0.1) is 23.3 Å². The number of fused-ring (bicyclic) bond motifs is 1. The molecule has 0 fully saturated rings. The first-order chi connectivity index (χ1) is 14.1. The molecule has 2 aromatic carbocycles. The van der Waals surface area contributed by atoms with Crippen LogP contribution in [-0.4, -0.2) is 37.5 Å². The van der Waals surface area contributed by atoms with Crippen molar-refractivity contribution in [1.82, 2.24) is 4.31 Å². The summed E-state index contributed by atoms with van der Waals surface area (Å²) >= 11 is 1.48. The molecule has 0 aliphatic carbocycles. The molecule has 1 heterocycles. The first-order valence-corrected chi connectivity index (χ1v) is 10.1. The van der Waals surface area contributed by atoms with Gasteiger partial charge in [0.1, 0.15) is 11.6 Å². The van der Waals surface area contributed by atoms with Gasteiger partial charge in [-0.1, -0.05) is 6.92 Å². The zero-order valence-corrected chi connectivity index (χ0v) is 18.1. The number of hydrogen-bond acceptors (Lipinski definition) is 4. The number of nitrogens with zero attached hydrogens (tertiary/aromatic N) is 2. The normalized spacial score (nSPS) is 14.7. The molecule has 30 heavy (non-hydrogen) atoms. The number of halogens is 5. The van der Waals surface area contributed by atoms with Crippen molar-refractivity contribution in [2.45, 2.75) is 37.5 Å². The molecule has 0 saturated carbocycles. The van der Waals surface area contributed by atoms with Crippen LogP contribution in [0, 0.1) is 5.82 Å². The molecule has 0 radical (unpaired) electrons. The van der Waals surface area contributed by atoms with Gasteiger partial charge in [0, 0.05) is 25.2 Å². The van der Waals surface area contributed by atoms with Gasteiger partial charge in [-0.05, 0) is 62.3 Å². The van der Waals surface area contributed by atoms with Crippen LogP contribution in [0.25, 0.3) is 0 Å². The lowest BCUT2D eigenvalue weighted by atomic mass is 10.1. The van der Waals surface area contributed by atoms with E-state index in [4.69, 9.17) is 4.74 Å². The molecule has 0 N–H and O–H groups in total. The van der Waals surface area contributed by atoms with Crippen molar-refractivity contribution in [2.75, 3.05) is 32.1 Å². The van der Waals surface area contributed by atoms with Gasteiger partial charge in [-0.3, -0.25) is 0 Å². The van der Waals surface area contributed by atoms with Gasteiger partial charge >= 0.3 is 0 Å². The summed E-state index contributed by atoms with van der Waals surface area (Å²) in [5, 5.41) is 0. The number of hydrogen-bond donors (Lipinski definition) is 0. The molecule has 9 heteroatoms. The summed E-state index contributed by atoms with van der Waals surface area (Å²) in [5.74, 6) is -2.62. The SMILES string of the molecule is CCC(C)(F)F.COc1cc2c(cc1C(F)F)N(c1ccc(F)cc1)CCN(C)S2. The number of rotatable bonds is 4. The van der Waals surface area contributed by atoms with E-state index >= 15 is 0 Å². The van der Waals surface area contributed by atoms with Gasteiger partial charge in [0.15, 0.2) is 0 Å². The molecule has 166 valence electrons. The van der Waals surface area contributed by atoms with Gasteiger partial charge in [-0.25, -0.2) is 26.3 Å². The summed E-state index contributed by atoms with van der Waals surface area (Å²) in [5.41, 5.74) is 1.29. The smallest absolute Gasteiger partial charge is 0.267 e. The second-order valence-corrected chi connectivity index (χ2v) is 8.10. The van der Waals surface area contributed by atoms with Gasteiger partial charge < -0.3 is 9.64 Å². The zero-order valence-electron chi connectivity index (χ0n) is 17.3. The monoisotopic (exact) mass is 448 g/mol. The first-order valence-electron chi connectivity index (χ1n) is 9.35. The maximum atomic E-state index is 13.4. The highest BCUT2D eigenvalue weighted by atomic mass is 32.2. The lowest BCUT2D eigenvalue weighted by Gasteiger charge is -2.25. The van der Waals surface area contributed by atoms with E-state index in [0.29, 0.717) is 12.2 Å². The standard InChI is InChI=1S/C17H17F3N2OS.C4H8F2/c1-21-7-8-22(12-5-3-11(18)4-6-12)14-9-13(17(19)20)15(23-2)10-16(14)24-21;1-3-4(2,5)6/h3-6,9-10,17H,7-8H2,1-2H3;3H2,1-2H3. The van der Waals surface area contributed by atoms with Crippen LogP contribution in [0.3, 0.4) is 0 Å². The molecule has 0 bridgehead atoms. The molecule has 0 spiro atoms. The quantitative estimate of drug-likeness (QED) is 0.373. The first kappa shape index (κ1) is 24.3. The molecule has 3 nitrogen and oxygen atoms in total. The van der Waals surface area contributed by atoms with Crippen molar-refractivity contribution in [2.24, 2.45) is 0 Å². The minimum atomic E-state index is -2.63. The Bertz CT molecular complexity index is 827. The summed E-state index contributed by atoms with van der Waals surface area (Å²) in [6.07, 6.45) is -2.70. The van der Waals surface area contributed by atoms with E-state index in [1.807, 2.05) is 16.3 Å². The Morgan fingerprint density at radius 3 is 2.23 bits per heavy atom. The van der Waals surface area contributed by atoms with Crippen LogP contribution in [-0.2, 0) is 0 Å². The van der Waals surface area contributed by atoms with E-state index in [0.717, 1.165) is 24.1 Å².